The van der Waals surface area contributed by atoms with Crippen molar-refractivity contribution in [2.75, 3.05) is 0 Å². The molecular formula is C12H16O3. The van der Waals surface area contributed by atoms with Gasteiger partial charge in [-0.3, -0.25) is 9.59 Å². The average Bonchev–Trinajstić information content (AvgIpc) is 2.59. The number of Topliss-reactive ketones (excluding diaryl/α,β-unsaturated/α-hetero) is 2. The number of ether oxygens (including phenoxy) is 1. The maximum atomic E-state index is 11.7. The first-order chi connectivity index (χ1) is 7.08. The lowest BCUT2D eigenvalue weighted by Gasteiger charge is -2.12. The Kier molecular flexibility index (Phi) is 3.97. The van der Waals surface area contributed by atoms with Crippen LogP contribution in [0, 0.1) is 5.92 Å². The largest absolute Gasteiger partial charge is 0.366 e. The molecule has 3 heteroatoms. The Morgan fingerprint density at radius 2 is 2.07 bits per heavy atom. The van der Waals surface area contributed by atoms with Gasteiger partial charge < -0.3 is 4.74 Å². The van der Waals surface area contributed by atoms with Gasteiger partial charge in [0.05, 0.1) is 24.5 Å². The minimum Gasteiger partial charge on any atom is -0.366 e. The van der Waals surface area contributed by atoms with E-state index in [1.807, 2.05) is 0 Å². The molecule has 0 aliphatic carbocycles. The second-order valence-electron chi connectivity index (χ2n) is 3.80. The topological polar surface area (TPSA) is 43.4 Å². The van der Waals surface area contributed by atoms with Gasteiger partial charge in [-0.1, -0.05) is 12.2 Å². The molecule has 0 radical (unpaired) electrons. The molecular weight excluding hydrogens is 192 g/mol. The van der Waals surface area contributed by atoms with Crippen LogP contribution < -0.4 is 0 Å². The van der Waals surface area contributed by atoms with Gasteiger partial charge in [-0.15, -0.1) is 13.2 Å². The van der Waals surface area contributed by atoms with Gasteiger partial charge in [-0.05, 0) is 13.3 Å². The summed E-state index contributed by atoms with van der Waals surface area (Å²) in [6.07, 6.45) is 3.51. The van der Waals surface area contributed by atoms with Crippen molar-refractivity contribution in [3.05, 3.63) is 25.3 Å². The van der Waals surface area contributed by atoms with Crippen LogP contribution in [0.25, 0.3) is 0 Å². The highest BCUT2D eigenvalue weighted by Gasteiger charge is 2.36. The lowest BCUT2D eigenvalue weighted by Crippen LogP contribution is -2.23. The van der Waals surface area contributed by atoms with Crippen LogP contribution in [0.2, 0.25) is 0 Å². The van der Waals surface area contributed by atoms with E-state index in [0.717, 1.165) is 0 Å². The first-order valence-corrected chi connectivity index (χ1v) is 5.01. The van der Waals surface area contributed by atoms with Gasteiger partial charge in [0.15, 0.2) is 0 Å². The predicted molar refractivity (Wildman–Crippen MR) is 57.5 cm³/mol. The van der Waals surface area contributed by atoms with Crippen LogP contribution in [0.4, 0.5) is 0 Å². The molecule has 1 rings (SSSR count). The molecule has 82 valence electrons. The molecule has 0 bridgehead atoms. The maximum absolute atomic E-state index is 11.7. The zero-order valence-corrected chi connectivity index (χ0v) is 8.94. The number of hydrogen-bond acceptors (Lipinski definition) is 3. The molecule has 3 atom stereocenters. The van der Waals surface area contributed by atoms with Crippen molar-refractivity contribution in [1.29, 1.82) is 0 Å². The summed E-state index contributed by atoms with van der Waals surface area (Å²) in [5, 5.41) is 0. The van der Waals surface area contributed by atoms with Gasteiger partial charge in [0.25, 0.3) is 0 Å². The van der Waals surface area contributed by atoms with E-state index in [0.29, 0.717) is 6.42 Å². The summed E-state index contributed by atoms with van der Waals surface area (Å²) >= 11 is 0. The minimum absolute atomic E-state index is 0.0117. The summed E-state index contributed by atoms with van der Waals surface area (Å²) < 4.78 is 5.51. The van der Waals surface area contributed by atoms with Crippen molar-refractivity contribution < 1.29 is 14.3 Å². The van der Waals surface area contributed by atoms with E-state index in [4.69, 9.17) is 4.74 Å². The molecule has 0 aromatic carbocycles. The first kappa shape index (κ1) is 11.9. The number of rotatable bonds is 5. The Hall–Kier alpha value is -1.22. The summed E-state index contributed by atoms with van der Waals surface area (Å²) in [5.41, 5.74) is 0. The third kappa shape index (κ3) is 2.86. The minimum atomic E-state index is -0.278. The molecule has 0 aromatic heterocycles. The second-order valence-corrected chi connectivity index (χ2v) is 3.80. The van der Waals surface area contributed by atoms with Crippen molar-refractivity contribution >= 4 is 11.6 Å². The molecule has 0 aromatic rings. The molecule has 0 spiro atoms. The smallest absolute Gasteiger partial charge is 0.146 e. The third-order valence-electron chi connectivity index (χ3n) is 2.55. The van der Waals surface area contributed by atoms with Gasteiger partial charge in [-0.25, -0.2) is 0 Å². The van der Waals surface area contributed by atoms with E-state index in [1.54, 1.807) is 12.2 Å². The van der Waals surface area contributed by atoms with Crippen LogP contribution in [0.5, 0.6) is 0 Å². The Morgan fingerprint density at radius 1 is 1.40 bits per heavy atom. The molecule has 0 amide bonds. The molecule has 1 aliphatic rings. The van der Waals surface area contributed by atoms with Crippen LogP contribution in [0.1, 0.15) is 19.8 Å². The molecule has 3 unspecified atom stereocenters. The summed E-state index contributed by atoms with van der Waals surface area (Å²) in [6, 6.07) is 0. The Bertz CT molecular complexity index is 293. The summed E-state index contributed by atoms with van der Waals surface area (Å²) in [6.45, 7) is 8.67. The molecule has 1 saturated heterocycles. The van der Waals surface area contributed by atoms with E-state index >= 15 is 0 Å². The third-order valence-corrected chi connectivity index (χ3v) is 2.55. The average molecular weight is 208 g/mol. The highest BCUT2D eigenvalue weighted by Crippen LogP contribution is 2.29. The number of carbonyl (C=O) groups is 2. The fourth-order valence-corrected chi connectivity index (χ4v) is 1.80. The van der Waals surface area contributed by atoms with E-state index in [9.17, 15) is 9.59 Å². The Labute approximate surface area is 89.8 Å². The van der Waals surface area contributed by atoms with Gasteiger partial charge in [-0.2, -0.15) is 0 Å². The summed E-state index contributed by atoms with van der Waals surface area (Å²) in [7, 11) is 0. The SMILES string of the molecule is C=CC1CC(C(=O)CC(C)=O)C(C=C)O1. The molecule has 0 N–H and O–H groups in total. The van der Waals surface area contributed by atoms with Crippen LogP contribution in [-0.2, 0) is 14.3 Å². The molecule has 15 heavy (non-hydrogen) atoms. The lowest BCUT2D eigenvalue weighted by atomic mass is 9.92. The summed E-state index contributed by atoms with van der Waals surface area (Å²) in [5.74, 6) is -0.406. The van der Waals surface area contributed by atoms with Crippen molar-refractivity contribution in [2.24, 2.45) is 5.92 Å². The van der Waals surface area contributed by atoms with Crippen molar-refractivity contribution in [2.45, 2.75) is 32.0 Å². The number of carbonyl (C=O) groups excluding carboxylic acids is 2. The van der Waals surface area contributed by atoms with Gasteiger partial charge in [0, 0.05) is 0 Å². The maximum Gasteiger partial charge on any atom is 0.146 e. The zero-order chi connectivity index (χ0) is 11.4. The Balaban J connectivity index is 2.67. The second kappa shape index (κ2) is 5.03. The fraction of sp³-hybridized carbons (Fsp3) is 0.500. The van der Waals surface area contributed by atoms with Crippen LogP contribution in [-0.4, -0.2) is 23.8 Å². The number of hydrogen-bond donors (Lipinski definition) is 0. The first-order valence-electron chi connectivity index (χ1n) is 5.01. The van der Waals surface area contributed by atoms with Crippen molar-refractivity contribution in [3.63, 3.8) is 0 Å². The molecule has 3 nitrogen and oxygen atoms in total. The van der Waals surface area contributed by atoms with Gasteiger partial charge in [0.1, 0.15) is 11.6 Å². The standard InChI is InChI=1S/C12H16O3/c1-4-9-7-10(12(5-2)15-9)11(14)6-8(3)13/h4-5,9-10,12H,1-2,6-7H2,3H3. The fourth-order valence-electron chi connectivity index (χ4n) is 1.80. The highest BCUT2D eigenvalue weighted by atomic mass is 16.5. The quantitative estimate of drug-likeness (QED) is 0.510. The molecule has 0 saturated carbocycles. The van der Waals surface area contributed by atoms with Crippen molar-refractivity contribution in [1.82, 2.24) is 0 Å². The predicted octanol–water partition coefficient (Wildman–Crippen LogP) is 1.68. The highest BCUT2D eigenvalue weighted by molar-refractivity contribution is 5.99. The summed E-state index contributed by atoms with van der Waals surface area (Å²) in [4.78, 5) is 22.6. The van der Waals surface area contributed by atoms with Crippen molar-refractivity contribution in [3.8, 4) is 0 Å². The van der Waals surface area contributed by atoms with Crippen LogP contribution in [0.3, 0.4) is 0 Å². The number of ketones is 2. The zero-order valence-electron chi connectivity index (χ0n) is 8.94. The van der Waals surface area contributed by atoms with E-state index < -0.39 is 0 Å². The van der Waals surface area contributed by atoms with Crippen LogP contribution in [0.15, 0.2) is 25.3 Å². The van der Waals surface area contributed by atoms with Gasteiger partial charge >= 0.3 is 0 Å². The van der Waals surface area contributed by atoms with Crippen LogP contribution >= 0.6 is 0 Å². The molecule has 1 aliphatic heterocycles. The molecule has 1 fully saturated rings. The van der Waals surface area contributed by atoms with E-state index in [2.05, 4.69) is 13.2 Å². The van der Waals surface area contributed by atoms with Gasteiger partial charge in [0.2, 0.25) is 0 Å². The Morgan fingerprint density at radius 3 is 2.53 bits per heavy atom. The normalized spacial score (nSPS) is 29.8. The monoisotopic (exact) mass is 208 g/mol. The molecule has 1 heterocycles. The van der Waals surface area contributed by atoms with E-state index in [1.165, 1.54) is 6.92 Å². The lowest BCUT2D eigenvalue weighted by molar-refractivity contribution is -0.129. The van der Waals surface area contributed by atoms with E-state index in [-0.39, 0.29) is 36.1 Å².